The number of nitrogens with two attached hydrogens (primary N) is 1. The Labute approximate surface area is 77.8 Å². The van der Waals surface area contributed by atoms with E-state index in [0.29, 0.717) is 5.92 Å². The topological polar surface area (TPSA) is 26.0 Å². The van der Waals surface area contributed by atoms with Gasteiger partial charge < -0.3 is 5.73 Å². The van der Waals surface area contributed by atoms with Gasteiger partial charge in [-0.25, -0.2) is 4.39 Å². The molecule has 1 aromatic rings. The van der Waals surface area contributed by atoms with Gasteiger partial charge in [0.2, 0.25) is 0 Å². The average molecular weight is 179 g/mol. The van der Waals surface area contributed by atoms with E-state index in [2.05, 4.69) is 0 Å². The Hall–Kier alpha value is -0.890. The van der Waals surface area contributed by atoms with Crippen LogP contribution in [0.2, 0.25) is 0 Å². The summed E-state index contributed by atoms with van der Waals surface area (Å²) in [6.07, 6.45) is 2.04. The summed E-state index contributed by atoms with van der Waals surface area (Å²) in [5.41, 5.74) is 8.24. The van der Waals surface area contributed by atoms with Crippen molar-refractivity contribution in [2.45, 2.75) is 31.7 Å². The molecule has 0 radical (unpaired) electrons. The monoisotopic (exact) mass is 179 g/mol. The number of rotatable bonds is 1. The normalized spacial score (nSPS) is 22.8. The number of benzene rings is 1. The Morgan fingerprint density at radius 3 is 3.00 bits per heavy atom. The summed E-state index contributed by atoms with van der Waals surface area (Å²) >= 11 is 0. The quantitative estimate of drug-likeness (QED) is 0.702. The SMILES string of the molecule is CC(N)C1CCc2cc(F)ccc21. The van der Waals surface area contributed by atoms with E-state index >= 15 is 0 Å². The van der Waals surface area contributed by atoms with Crippen LogP contribution in [0.5, 0.6) is 0 Å². The smallest absolute Gasteiger partial charge is 0.123 e. The second-order valence-electron chi connectivity index (χ2n) is 3.85. The van der Waals surface area contributed by atoms with Crippen molar-refractivity contribution in [1.29, 1.82) is 0 Å². The van der Waals surface area contributed by atoms with E-state index in [-0.39, 0.29) is 11.9 Å². The summed E-state index contributed by atoms with van der Waals surface area (Å²) in [6.45, 7) is 2.02. The standard InChI is InChI=1S/C11H14FN/c1-7(13)10-4-2-8-6-9(12)3-5-11(8)10/h3,5-7,10H,2,4,13H2,1H3. The van der Waals surface area contributed by atoms with Crippen LogP contribution in [-0.2, 0) is 6.42 Å². The van der Waals surface area contributed by atoms with Crippen molar-refractivity contribution in [3.8, 4) is 0 Å². The summed E-state index contributed by atoms with van der Waals surface area (Å²) in [7, 11) is 0. The number of aryl methyl sites for hydroxylation is 1. The molecule has 0 amide bonds. The molecule has 2 rings (SSSR count). The van der Waals surface area contributed by atoms with E-state index in [9.17, 15) is 4.39 Å². The molecule has 1 aromatic carbocycles. The fourth-order valence-electron chi connectivity index (χ4n) is 2.17. The molecule has 13 heavy (non-hydrogen) atoms. The summed E-state index contributed by atoms with van der Waals surface area (Å²) in [4.78, 5) is 0. The lowest BCUT2D eigenvalue weighted by atomic mass is 9.95. The van der Waals surface area contributed by atoms with E-state index in [4.69, 9.17) is 5.73 Å². The van der Waals surface area contributed by atoms with Crippen molar-refractivity contribution in [3.63, 3.8) is 0 Å². The molecular formula is C11H14FN. The Kier molecular flexibility index (Phi) is 2.08. The van der Waals surface area contributed by atoms with Gasteiger partial charge in [0.1, 0.15) is 5.82 Å². The predicted molar refractivity (Wildman–Crippen MR) is 51.1 cm³/mol. The van der Waals surface area contributed by atoms with Crippen LogP contribution < -0.4 is 5.73 Å². The second kappa shape index (κ2) is 3.11. The maximum absolute atomic E-state index is 12.9. The van der Waals surface area contributed by atoms with Gasteiger partial charge in [-0.2, -0.15) is 0 Å². The molecule has 0 aromatic heterocycles. The second-order valence-corrected chi connectivity index (χ2v) is 3.85. The maximum atomic E-state index is 12.9. The number of halogens is 1. The van der Waals surface area contributed by atoms with Gasteiger partial charge in [-0.15, -0.1) is 0 Å². The third kappa shape index (κ3) is 1.46. The minimum absolute atomic E-state index is 0.135. The Morgan fingerprint density at radius 1 is 1.54 bits per heavy atom. The van der Waals surface area contributed by atoms with Gasteiger partial charge in [0.05, 0.1) is 0 Å². The molecule has 2 unspecified atom stereocenters. The van der Waals surface area contributed by atoms with Crippen molar-refractivity contribution in [2.75, 3.05) is 0 Å². The van der Waals surface area contributed by atoms with Gasteiger partial charge in [0, 0.05) is 6.04 Å². The zero-order valence-electron chi connectivity index (χ0n) is 7.76. The lowest BCUT2D eigenvalue weighted by Gasteiger charge is -2.15. The Morgan fingerprint density at radius 2 is 2.31 bits per heavy atom. The summed E-state index contributed by atoms with van der Waals surface area (Å²) < 4.78 is 12.9. The molecule has 2 heteroatoms. The number of hydrogen-bond donors (Lipinski definition) is 1. The molecule has 1 nitrogen and oxygen atoms in total. The van der Waals surface area contributed by atoms with Crippen LogP contribution in [0.3, 0.4) is 0 Å². The summed E-state index contributed by atoms with van der Waals surface area (Å²) in [6, 6.07) is 5.22. The molecule has 70 valence electrons. The molecule has 0 saturated carbocycles. The van der Waals surface area contributed by atoms with E-state index in [1.807, 2.05) is 13.0 Å². The first-order valence-electron chi connectivity index (χ1n) is 4.72. The average Bonchev–Trinajstić information content (AvgIpc) is 2.46. The third-order valence-corrected chi connectivity index (χ3v) is 2.86. The molecule has 1 aliphatic carbocycles. The first-order valence-corrected chi connectivity index (χ1v) is 4.72. The van der Waals surface area contributed by atoms with Crippen LogP contribution in [-0.4, -0.2) is 6.04 Å². The van der Waals surface area contributed by atoms with Crippen LogP contribution in [0.4, 0.5) is 4.39 Å². The largest absolute Gasteiger partial charge is 0.327 e. The van der Waals surface area contributed by atoms with Gasteiger partial charge >= 0.3 is 0 Å². The van der Waals surface area contributed by atoms with Crippen molar-refractivity contribution in [3.05, 3.63) is 35.1 Å². The summed E-state index contributed by atoms with van der Waals surface area (Å²) in [5.74, 6) is 0.291. The zero-order valence-corrected chi connectivity index (χ0v) is 7.76. The number of fused-ring (bicyclic) bond motifs is 1. The highest BCUT2D eigenvalue weighted by Crippen LogP contribution is 2.34. The molecule has 0 aliphatic heterocycles. The van der Waals surface area contributed by atoms with Gasteiger partial charge in [-0.1, -0.05) is 6.07 Å². The Balaban J connectivity index is 2.38. The Bertz CT molecular complexity index is 320. The van der Waals surface area contributed by atoms with E-state index in [1.54, 1.807) is 6.07 Å². The first kappa shape index (κ1) is 8.70. The van der Waals surface area contributed by atoms with E-state index < -0.39 is 0 Å². The number of hydrogen-bond acceptors (Lipinski definition) is 1. The molecule has 0 saturated heterocycles. The van der Waals surface area contributed by atoms with Crippen molar-refractivity contribution in [1.82, 2.24) is 0 Å². The van der Waals surface area contributed by atoms with Crippen molar-refractivity contribution >= 4 is 0 Å². The van der Waals surface area contributed by atoms with Crippen LogP contribution in [0, 0.1) is 5.82 Å². The molecule has 0 heterocycles. The highest BCUT2D eigenvalue weighted by Gasteiger charge is 2.25. The van der Waals surface area contributed by atoms with Crippen LogP contribution in [0.15, 0.2) is 18.2 Å². The highest BCUT2D eigenvalue weighted by molar-refractivity contribution is 5.36. The minimum atomic E-state index is -0.135. The lowest BCUT2D eigenvalue weighted by molar-refractivity contribution is 0.564. The third-order valence-electron chi connectivity index (χ3n) is 2.86. The van der Waals surface area contributed by atoms with Gasteiger partial charge in [0.15, 0.2) is 0 Å². The fourth-order valence-corrected chi connectivity index (χ4v) is 2.17. The fraction of sp³-hybridized carbons (Fsp3) is 0.455. The van der Waals surface area contributed by atoms with Crippen LogP contribution in [0.1, 0.15) is 30.4 Å². The van der Waals surface area contributed by atoms with Gasteiger partial charge in [0.25, 0.3) is 0 Å². The molecule has 0 bridgehead atoms. The van der Waals surface area contributed by atoms with E-state index in [1.165, 1.54) is 11.6 Å². The molecule has 2 N–H and O–H groups in total. The lowest BCUT2D eigenvalue weighted by Crippen LogP contribution is -2.22. The van der Waals surface area contributed by atoms with Crippen LogP contribution >= 0.6 is 0 Å². The van der Waals surface area contributed by atoms with Gasteiger partial charge in [-0.05, 0) is 48.9 Å². The molecule has 2 atom stereocenters. The first-order chi connectivity index (χ1) is 6.18. The molecule has 0 fully saturated rings. The van der Waals surface area contributed by atoms with Crippen molar-refractivity contribution in [2.24, 2.45) is 5.73 Å². The maximum Gasteiger partial charge on any atom is 0.123 e. The summed E-state index contributed by atoms with van der Waals surface area (Å²) in [5, 5.41) is 0. The molecule has 0 spiro atoms. The van der Waals surface area contributed by atoms with Crippen LogP contribution in [0.25, 0.3) is 0 Å². The molecule has 1 aliphatic rings. The van der Waals surface area contributed by atoms with Crippen molar-refractivity contribution < 1.29 is 4.39 Å². The zero-order chi connectivity index (χ0) is 9.42. The van der Waals surface area contributed by atoms with Gasteiger partial charge in [-0.3, -0.25) is 0 Å². The predicted octanol–water partition coefficient (Wildman–Crippen LogP) is 2.20. The molecular weight excluding hydrogens is 165 g/mol. The van der Waals surface area contributed by atoms with E-state index in [0.717, 1.165) is 18.4 Å². The highest BCUT2D eigenvalue weighted by atomic mass is 19.1. The minimum Gasteiger partial charge on any atom is -0.327 e.